The number of ether oxygens (including phenoxy) is 2. The second-order valence-electron chi connectivity index (χ2n) is 7.87. The molecule has 5 rings (SSSR count). The van der Waals surface area contributed by atoms with Gasteiger partial charge in [-0.2, -0.15) is 0 Å². The number of amides is 1. The van der Waals surface area contributed by atoms with E-state index in [1.165, 1.54) is 24.1 Å². The Balaban J connectivity index is 1.79. The monoisotopic (exact) mass is 495 g/mol. The summed E-state index contributed by atoms with van der Waals surface area (Å²) in [6.07, 6.45) is 0. The minimum atomic E-state index is -0.953. The highest BCUT2D eigenvalue weighted by atomic mass is 35.5. The first-order valence-corrected chi connectivity index (χ1v) is 11.1. The molecule has 0 aliphatic carbocycles. The van der Waals surface area contributed by atoms with Gasteiger partial charge in [0.25, 0.3) is 5.91 Å². The van der Waals surface area contributed by atoms with Crippen LogP contribution in [0.2, 0.25) is 5.02 Å². The number of aromatic hydroxyl groups is 1. The van der Waals surface area contributed by atoms with E-state index in [1.54, 1.807) is 37.3 Å². The number of phenolic OH excluding ortho intramolecular Hbond substituents is 1. The van der Waals surface area contributed by atoms with Crippen molar-refractivity contribution in [3.05, 3.63) is 92.5 Å². The van der Waals surface area contributed by atoms with Gasteiger partial charge < -0.3 is 19.0 Å². The quantitative estimate of drug-likeness (QED) is 0.396. The molecule has 35 heavy (non-hydrogen) atoms. The lowest BCUT2D eigenvalue weighted by Crippen LogP contribution is -2.29. The number of benzene rings is 3. The van der Waals surface area contributed by atoms with E-state index in [4.69, 9.17) is 25.5 Å². The summed E-state index contributed by atoms with van der Waals surface area (Å²) >= 11 is 6.34. The largest absolute Gasteiger partial charge is 0.504 e. The van der Waals surface area contributed by atoms with Crippen LogP contribution in [-0.4, -0.2) is 24.7 Å². The first-order chi connectivity index (χ1) is 16.8. The Hall–Kier alpha value is -4.04. The summed E-state index contributed by atoms with van der Waals surface area (Å²) in [6.45, 7) is 2.06. The van der Waals surface area contributed by atoms with Crippen LogP contribution < -0.4 is 19.8 Å². The van der Waals surface area contributed by atoms with Crippen molar-refractivity contribution in [3.8, 4) is 17.2 Å². The van der Waals surface area contributed by atoms with Crippen molar-refractivity contribution in [2.24, 2.45) is 0 Å². The molecule has 1 N–H and O–H groups in total. The molecule has 1 aliphatic rings. The summed E-state index contributed by atoms with van der Waals surface area (Å²) in [6, 6.07) is 11.9. The van der Waals surface area contributed by atoms with Crippen molar-refractivity contribution in [2.75, 3.05) is 18.6 Å². The number of nitrogens with zero attached hydrogens (tertiary/aromatic N) is 1. The fourth-order valence-corrected chi connectivity index (χ4v) is 4.56. The van der Waals surface area contributed by atoms with E-state index >= 15 is 0 Å². The van der Waals surface area contributed by atoms with Gasteiger partial charge >= 0.3 is 0 Å². The lowest BCUT2D eigenvalue weighted by molar-refractivity contribution is 0.0971. The average molecular weight is 496 g/mol. The number of phenols is 1. The highest BCUT2D eigenvalue weighted by Gasteiger charge is 2.44. The number of anilines is 1. The third-order valence-electron chi connectivity index (χ3n) is 5.85. The molecule has 1 unspecified atom stereocenters. The maximum absolute atomic E-state index is 14.0. The number of methoxy groups -OCH3 is 1. The fourth-order valence-electron chi connectivity index (χ4n) is 4.30. The molecule has 4 aromatic rings. The summed E-state index contributed by atoms with van der Waals surface area (Å²) < 4.78 is 30.5. The van der Waals surface area contributed by atoms with Gasteiger partial charge in [-0.25, -0.2) is 4.39 Å². The third-order valence-corrected chi connectivity index (χ3v) is 6.14. The third kappa shape index (κ3) is 3.66. The summed E-state index contributed by atoms with van der Waals surface area (Å²) in [5.74, 6) is -0.818. The summed E-state index contributed by atoms with van der Waals surface area (Å²) in [5.41, 5.74) is 0.476. The van der Waals surface area contributed by atoms with Crippen LogP contribution >= 0.6 is 11.6 Å². The van der Waals surface area contributed by atoms with E-state index in [0.29, 0.717) is 23.6 Å². The van der Waals surface area contributed by atoms with Crippen molar-refractivity contribution in [1.82, 2.24) is 0 Å². The number of halogens is 2. The van der Waals surface area contributed by atoms with Gasteiger partial charge in [0.1, 0.15) is 17.1 Å². The molecular weight excluding hydrogens is 477 g/mol. The Kier molecular flexibility index (Phi) is 5.61. The Morgan fingerprint density at radius 3 is 2.60 bits per heavy atom. The zero-order valence-corrected chi connectivity index (χ0v) is 19.4. The van der Waals surface area contributed by atoms with Crippen LogP contribution in [0.1, 0.15) is 34.6 Å². The summed E-state index contributed by atoms with van der Waals surface area (Å²) in [4.78, 5) is 28.6. The smallest absolute Gasteiger partial charge is 0.295 e. The van der Waals surface area contributed by atoms with Gasteiger partial charge in [0.15, 0.2) is 16.9 Å². The Morgan fingerprint density at radius 1 is 1.09 bits per heavy atom. The molecule has 0 saturated heterocycles. The number of fused-ring (bicyclic) bond motifs is 2. The highest BCUT2D eigenvalue weighted by Crippen LogP contribution is 2.44. The van der Waals surface area contributed by atoms with Crippen LogP contribution in [0.4, 0.5) is 10.1 Å². The average Bonchev–Trinajstić information content (AvgIpc) is 3.13. The second kappa shape index (κ2) is 8.63. The zero-order valence-electron chi connectivity index (χ0n) is 18.7. The van der Waals surface area contributed by atoms with Crippen molar-refractivity contribution < 1.29 is 28.2 Å². The van der Waals surface area contributed by atoms with E-state index in [-0.39, 0.29) is 38.8 Å². The number of hydrogen-bond donors (Lipinski definition) is 1. The molecule has 178 valence electrons. The van der Waals surface area contributed by atoms with Crippen molar-refractivity contribution in [1.29, 1.82) is 0 Å². The first-order valence-electron chi connectivity index (χ1n) is 10.7. The minimum Gasteiger partial charge on any atom is -0.504 e. The van der Waals surface area contributed by atoms with Gasteiger partial charge in [0.2, 0.25) is 5.76 Å². The number of hydrogen-bond acceptors (Lipinski definition) is 6. The predicted octanol–water partition coefficient (Wildman–Crippen LogP) is 5.45. The van der Waals surface area contributed by atoms with Gasteiger partial charge in [-0.05, 0) is 61.0 Å². The summed E-state index contributed by atoms with van der Waals surface area (Å²) in [7, 11) is 1.47. The lowest BCUT2D eigenvalue weighted by Gasteiger charge is -2.26. The van der Waals surface area contributed by atoms with Crippen molar-refractivity contribution in [3.63, 3.8) is 0 Å². The van der Waals surface area contributed by atoms with E-state index in [9.17, 15) is 19.1 Å². The molecular formula is C26H19ClFNO6. The number of rotatable bonds is 5. The standard InChI is InChI=1S/C26H19ClFNO6/c1-3-34-21-10-13(4-7-18(21)30)23-22-24(31)16-11-14(28)5-8-19(16)35-25(22)26(32)29(23)15-6-9-20(33-2)17(27)12-15/h4-12,23,30H,3H2,1-2H3. The summed E-state index contributed by atoms with van der Waals surface area (Å²) in [5, 5.41) is 10.5. The molecule has 0 spiro atoms. The minimum absolute atomic E-state index is 0.0139. The van der Waals surface area contributed by atoms with Crippen LogP contribution in [0.25, 0.3) is 11.0 Å². The molecule has 0 radical (unpaired) electrons. The Morgan fingerprint density at radius 2 is 1.89 bits per heavy atom. The van der Waals surface area contributed by atoms with Gasteiger partial charge in [0.05, 0.1) is 35.7 Å². The molecule has 1 aliphatic heterocycles. The zero-order chi connectivity index (χ0) is 24.9. The van der Waals surface area contributed by atoms with Crippen LogP contribution in [0.15, 0.2) is 63.8 Å². The topological polar surface area (TPSA) is 89.2 Å². The van der Waals surface area contributed by atoms with Gasteiger partial charge in [-0.1, -0.05) is 17.7 Å². The second-order valence-corrected chi connectivity index (χ2v) is 8.28. The van der Waals surface area contributed by atoms with Crippen molar-refractivity contribution >= 4 is 34.2 Å². The maximum atomic E-state index is 14.0. The van der Waals surface area contributed by atoms with Gasteiger partial charge in [-0.3, -0.25) is 14.5 Å². The highest BCUT2D eigenvalue weighted by molar-refractivity contribution is 6.32. The molecule has 7 nitrogen and oxygen atoms in total. The fraction of sp³-hybridized carbons (Fsp3) is 0.154. The van der Waals surface area contributed by atoms with E-state index in [1.807, 2.05) is 0 Å². The van der Waals surface area contributed by atoms with E-state index < -0.39 is 23.2 Å². The van der Waals surface area contributed by atoms with Gasteiger partial charge in [-0.15, -0.1) is 0 Å². The van der Waals surface area contributed by atoms with Crippen LogP contribution in [0, 0.1) is 5.82 Å². The normalized spacial score (nSPS) is 14.9. The molecule has 9 heteroatoms. The molecule has 0 fully saturated rings. The molecule has 0 bridgehead atoms. The van der Waals surface area contributed by atoms with Crippen LogP contribution in [0.3, 0.4) is 0 Å². The molecule has 3 aromatic carbocycles. The lowest BCUT2D eigenvalue weighted by atomic mass is 9.97. The van der Waals surface area contributed by atoms with Crippen LogP contribution in [0.5, 0.6) is 17.2 Å². The molecule has 0 saturated carbocycles. The van der Waals surface area contributed by atoms with Gasteiger partial charge in [0, 0.05) is 5.69 Å². The van der Waals surface area contributed by atoms with E-state index in [0.717, 1.165) is 12.1 Å². The Labute approximate surface area is 203 Å². The van der Waals surface area contributed by atoms with E-state index in [2.05, 4.69) is 0 Å². The SMILES string of the molecule is CCOc1cc(C2c3c(oc4ccc(F)cc4c3=O)C(=O)N2c2ccc(OC)c(Cl)c2)ccc1O. The maximum Gasteiger partial charge on any atom is 0.295 e. The predicted molar refractivity (Wildman–Crippen MR) is 128 cm³/mol. The van der Waals surface area contributed by atoms with Crippen LogP contribution in [-0.2, 0) is 0 Å². The van der Waals surface area contributed by atoms with Crippen molar-refractivity contribution in [2.45, 2.75) is 13.0 Å². The molecule has 1 aromatic heterocycles. The first kappa shape index (κ1) is 22.7. The molecule has 2 heterocycles. The number of carbonyl (C=O) groups is 1. The molecule has 1 atom stereocenters. The Bertz CT molecular complexity index is 1550. The molecule has 1 amide bonds. The number of carbonyl (C=O) groups excluding carboxylic acids is 1.